The molecule has 45 heavy (non-hydrogen) atoms. The third kappa shape index (κ3) is 4.15. The smallest absolute Gasteiger partial charge is 0.143 e. The Hall–Kier alpha value is -5.99. The zero-order chi connectivity index (χ0) is 29.7. The van der Waals surface area contributed by atoms with Gasteiger partial charge in [-0.1, -0.05) is 140 Å². The van der Waals surface area contributed by atoms with Gasteiger partial charge in [0, 0.05) is 28.1 Å². The third-order valence-electron chi connectivity index (χ3n) is 8.95. The Morgan fingerprint density at radius 1 is 0.356 bits per heavy atom. The SMILES string of the molecule is c1ccc(-c2ccc(-c3c4ccccc4c(-c4ccc(-c5cccc6c5oc5ccccc56)cc4)c4ccccc34)cc2)nc1. The summed E-state index contributed by atoms with van der Waals surface area (Å²) < 4.78 is 6.35. The van der Waals surface area contributed by atoms with Crippen molar-refractivity contribution < 1.29 is 4.42 Å². The highest BCUT2D eigenvalue weighted by Crippen LogP contribution is 2.44. The molecule has 2 aromatic heterocycles. The van der Waals surface area contributed by atoms with Gasteiger partial charge in [-0.2, -0.15) is 0 Å². The van der Waals surface area contributed by atoms with Gasteiger partial charge in [0.05, 0.1) is 5.69 Å². The number of nitrogens with zero attached hydrogens (tertiary/aromatic N) is 1. The molecule has 0 aliphatic rings. The first-order valence-electron chi connectivity index (χ1n) is 15.3. The maximum atomic E-state index is 6.35. The molecular formula is C43H27NO. The molecule has 0 aliphatic carbocycles. The highest BCUT2D eigenvalue weighted by atomic mass is 16.3. The number of hydrogen-bond acceptors (Lipinski definition) is 2. The number of aromatic nitrogens is 1. The second-order valence-corrected chi connectivity index (χ2v) is 11.5. The largest absolute Gasteiger partial charge is 0.455 e. The van der Waals surface area contributed by atoms with E-state index in [0.717, 1.165) is 44.3 Å². The summed E-state index contributed by atoms with van der Waals surface area (Å²) in [6.45, 7) is 0. The number of furan rings is 1. The fourth-order valence-electron chi connectivity index (χ4n) is 6.88. The summed E-state index contributed by atoms with van der Waals surface area (Å²) >= 11 is 0. The molecule has 0 spiro atoms. The van der Waals surface area contributed by atoms with Crippen LogP contribution < -0.4 is 0 Å². The Kier molecular flexibility index (Phi) is 5.85. The maximum absolute atomic E-state index is 6.35. The maximum Gasteiger partial charge on any atom is 0.143 e. The van der Waals surface area contributed by atoms with Crippen molar-refractivity contribution in [3.63, 3.8) is 0 Å². The van der Waals surface area contributed by atoms with Crippen LogP contribution in [0.3, 0.4) is 0 Å². The Morgan fingerprint density at radius 3 is 1.42 bits per heavy atom. The summed E-state index contributed by atoms with van der Waals surface area (Å²) in [6, 6.07) is 56.1. The molecule has 9 rings (SSSR count). The molecule has 0 N–H and O–H groups in total. The molecule has 7 aromatic carbocycles. The Balaban J connectivity index is 1.20. The number of pyridine rings is 1. The first-order valence-corrected chi connectivity index (χ1v) is 15.3. The molecule has 2 heterocycles. The van der Waals surface area contributed by atoms with E-state index in [1.807, 2.05) is 30.5 Å². The molecule has 210 valence electrons. The predicted octanol–water partition coefficient (Wildman–Crippen LogP) is 12.0. The summed E-state index contributed by atoms with van der Waals surface area (Å²) in [5.74, 6) is 0. The van der Waals surface area contributed by atoms with Gasteiger partial charge in [0.1, 0.15) is 11.2 Å². The number of hydrogen-bond donors (Lipinski definition) is 0. The molecule has 0 amide bonds. The van der Waals surface area contributed by atoms with E-state index in [2.05, 4.69) is 138 Å². The van der Waals surface area contributed by atoms with E-state index < -0.39 is 0 Å². The summed E-state index contributed by atoms with van der Waals surface area (Å²) in [5, 5.41) is 7.27. The zero-order valence-electron chi connectivity index (χ0n) is 24.4. The predicted molar refractivity (Wildman–Crippen MR) is 188 cm³/mol. The van der Waals surface area contributed by atoms with Crippen LogP contribution in [-0.2, 0) is 0 Å². The fraction of sp³-hybridized carbons (Fsp3) is 0. The highest BCUT2D eigenvalue weighted by molar-refractivity contribution is 6.21. The first kappa shape index (κ1) is 25.5. The molecule has 0 unspecified atom stereocenters. The van der Waals surface area contributed by atoms with Crippen molar-refractivity contribution in [2.45, 2.75) is 0 Å². The lowest BCUT2D eigenvalue weighted by Crippen LogP contribution is -1.91. The molecule has 2 nitrogen and oxygen atoms in total. The standard InChI is InChI=1S/C43H27NO/c1-3-13-36-34(11-1)41(30-23-19-28(20-24-30)32-15-9-16-38-33-10-5-6-18-40(33)45-43(32)38)35-12-2-4-14-37(35)42(36)31-25-21-29(22-26-31)39-17-7-8-27-44-39/h1-27H. The number of rotatable bonds is 4. The van der Waals surface area contributed by atoms with E-state index in [-0.39, 0.29) is 0 Å². The van der Waals surface area contributed by atoms with E-state index in [1.165, 1.54) is 43.8 Å². The van der Waals surface area contributed by atoms with Gasteiger partial charge < -0.3 is 4.42 Å². The summed E-state index contributed by atoms with van der Waals surface area (Å²) in [4.78, 5) is 4.54. The Morgan fingerprint density at radius 2 is 0.844 bits per heavy atom. The van der Waals surface area contributed by atoms with Crippen LogP contribution >= 0.6 is 0 Å². The van der Waals surface area contributed by atoms with E-state index >= 15 is 0 Å². The first-order chi connectivity index (χ1) is 22.3. The summed E-state index contributed by atoms with van der Waals surface area (Å²) in [6.07, 6.45) is 1.84. The summed E-state index contributed by atoms with van der Waals surface area (Å²) in [5.41, 5.74) is 11.1. The van der Waals surface area contributed by atoms with Crippen molar-refractivity contribution in [2.75, 3.05) is 0 Å². The van der Waals surface area contributed by atoms with Crippen LogP contribution in [0.5, 0.6) is 0 Å². The van der Waals surface area contributed by atoms with Gasteiger partial charge in [0.15, 0.2) is 0 Å². The van der Waals surface area contributed by atoms with Crippen LogP contribution in [0.25, 0.3) is 88.1 Å². The molecule has 0 radical (unpaired) electrons. The van der Waals surface area contributed by atoms with Crippen molar-refractivity contribution in [1.82, 2.24) is 4.98 Å². The molecule has 0 atom stereocenters. The van der Waals surface area contributed by atoms with Crippen LogP contribution in [0.15, 0.2) is 168 Å². The lowest BCUT2D eigenvalue weighted by atomic mass is 9.85. The second kappa shape index (κ2) is 10.3. The summed E-state index contributed by atoms with van der Waals surface area (Å²) in [7, 11) is 0. The number of para-hydroxylation sites is 2. The highest BCUT2D eigenvalue weighted by Gasteiger charge is 2.17. The van der Waals surface area contributed by atoms with Crippen molar-refractivity contribution in [3.05, 3.63) is 164 Å². The minimum atomic E-state index is 0.918. The molecule has 0 saturated heterocycles. The second-order valence-electron chi connectivity index (χ2n) is 11.5. The van der Waals surface area contributed by atoms with Gasteiger partial charge in [0.25, 0.3) is 0 Å². The van der Waals surface area contributed by atoms with E-state index in [4.69, 9.17) is 4.42 Å². The minimum absolute atomic E-state index is 0.918. The van der Waals surface area contributed by atoms with Crippen LogP contribution in [0, 0.1) is 0 Å². The van der Waals surface area contributed by atoms with Crippen molar-refractivity contribution in [3.8, 4) is 44.6 Å². The lowest BCUT2D eigenvalue weighted by Gasteiger charge is -2.18. The van der Waals surface area contributed by atoms with Gasteiger partial charge >= 0.3 is 0 Å². The van der Waals surface area contributed by atoms with Crippen molar-refractivity contribution in [1.29, 1.82) is 0 Å². The normalized spacial score (nSPS) is 11.6. The molecule has 2 heteroatoms. The lowest BCUT2D eigenvalue weighted by molar-refractivity contribution is 0.670. The van der Waals surface area contributed by atoms with Gasteiger partial charge in [-0.25, -0.2) is 0 Å². The van der Waals surface area contributed by atoms with Crippen molar-refractivity contribution in [2.24, 2.45) is 0 Å². The van der Waals surface area contributed by atoms with Gasteiger partial charge in [-0.3, -0.25) is 4.98 Å². The van der Waals surface area contributed by atoms with Crippen LogP contribution in [-0.4, -0.2) is 4.98 Å². The minimum Gasteiger partial charge on any atom is -0.455 e. The van der Waals surface area contributed by atoms with Crippen LogP contribution in [0.1, 0.15) is 0 Å². The molecule has 0 fully saturated rings. The number of fused-ring (bicyclic) bond motifs is 5. The van der Waals surface area contributed by atoms with Crippen LogP contribution in [0.4, 0.5) is 0 Å². The topological polar surface area (TPSA) is 26.0 Å². The van der Waals surface area contributed by atoms with Crippen molar-refractivity contribution >= 4 is 43.5 Å². The quantitative estimate of drug-likeness (QED) is 0.196. The molecule has 0 bridgehead atoms. The van der Waals surface area contributed by atoms with E-state index in [0.29, 0.717) is 0 Å². The average Bonchev–Trinajstić information content (AvgIpc) is 3.50. The molecule has 0 saturated carbocycles. The van der Waals surface area contributed by atoms with Gasteiger partial charge in [-0.05, 0) is 67.6 Å². The average molecular weight is 574 g/mol. The van der Waals surface area contributed by atoms with Gasteiger partial charge in [0.2, 0.25) is 0 Å². The van der Waals surface area contributed by atoms with Gasteiger partial charge in [-0.15, -0.1) is 0 Å². The third-order valence-corrected chi connectivity index (χ3v) is 8.95. The fourth-order valence-corrected chi connectivity index (χ4v) is 6.88. The van der Waals surface area contributed by atoms with E-state index in [1.54, 1.807) is 0 Å². The van der Waals surface area contributed by atoms with E-state index in [9.17, 15) is 0 Å². The zero-order valence-corrected chi connectivity index (χ0v) is 24.4. The van der Waals surface area contributed by atoms with Crippen LogP contribution in [0.2, 0.25) is 0 Å². The molecule has 0 aliphatic heterocycles. The molecule has 9 aromatic rings. The Labute approximate surface area is 260 Å². The molecular weight excluding hydrogens is 546 g/mol. The Bertz CT molecular complexity index is 2450. The monoisotopic (exact) mass is 573 g/mol. The number of benzene rings is 7.